The van der Waals surface area contributed by atoms with E-state index in [4.69, 9.17) is 8.83 Å². The lowest BCUT2D eigenvalue weighted by atomic mass is 10.2. The first-order chi connectivity index (χ1) is 6.33. The summed E-state index contributed by atoms with van der Waals surface area (Å²) in [5.41, 5.74) is 0.659. The summed E-state index contributed by atoms with van der Waals surface area (Å²) < 4.78 is 10.9. The zero-order valence-electron chi connectivity index (χ0n) is 6.49. The number of carbonyl (C=O) groups is 1. The minimum absolute atomic E-state index is 0.274. The summed E-state index contributed by atoms with van der Waals surface area (Å²) >= 11 is 3.30. The number of hydrogen-bond acceptors (Lipinski definition) is 3. The highest BCUT2D eigenvalue weighted by atomic mass is 79.9. The SMILES string of the molecule is O=Cc1occc1-c1occc1Br. The van der Waals surface area contributed by atoms with Gasteiger partial charge in [0.1, 0.15) is 0 Å². The number of rotatable bonds is 2. The van der Waals surface area contributed by atoms with Crippen LogP contribution in [0.25, 0.3) is 11.3 Å². The Morgan fingerprint density at radius 2 is 2.00 bits per heavy atom. The molecule has 0 fully saturated rings. The van der Waals surface area contributed by atoms with E-state index in [2.05, 4.69) is 15.9 Å². The molecule has 66 valence electrons. The summed E-state index contributed by atoms with van der Waals surface area (Å²) in [6.45, 7) is 0. The lowest BCUT2D eigenvalue weighted by Crippen LogP contribution is -1.78. The molecule has 2 aromatic heterocycles. The molecule has 0 aromatic carbocycles. The molecule has 0 saturated heterocycles. The van der Waals surface area contributed by atoms with E-state index in [0.717, 1.165) is 4.47 Å². The van der Waals surface area contributed by atoms with Crippen molar-refractivity contribution in [3.05, 3.63) is 34.9 Å². The Kier molecular flexibility index (Phi) is 2.06. The molecule has 0 aliphatic carbocycles. The molecule has 0 atom stereocenters. The van der Waals surface area contributed by atoms with Gasteiger partial charge in [-0.15, -0.1) is 0 Å². The van der Waals surface area contributed by atoms with E-state index < -0.39 is 0 Å². The van der Waals surface area contributed by atoms with E-state index in [1.807, 2.05) is 0 Å². The Bertz CT molecular complexity index is 428. The quantitative estimate of drug-likeness (QED) is 0.758. The van der Waals surface area contributed by atoms with Gasteiger partial charge in [-0.1, -0.05) is 0 Å². The fourth-order valence-electron chi connectivity index (χ4n) is 1.09. The first-order valence-electron chi connectivity index (χ1n) is 3.59. The van der Waals surface area contributed by atoms with E-state index in [9.17, 15) is 4.79 Å². The molecule has 13 heavy (non-hydrogen) atoms. The van der Waals surface area contributed by atoms with Gasteiger partial charge in [0.2, 0.25) is 0 Å². The molecule has 0 spiro atoms. The first kappa shape index (κ1) is 8.31. The van der Waals surface area contributed by atoms with Gasteiger partial charge in [-0.3, -0.25) is 4.79 Å². The molecule has 0 aliphatic rings. The van der Waals surface area contributed by atoms with Gasteiger partial charge >= 0.3 is 0 Å². The van der Waals surface area contributed by atoms with Gasteiger partial charge in [-0.25, -0.2) is 0 Å². The minimum atomic E-state index is 0.274. The van der Waals surface area contributed by atoms with Gasteiger partial charge in [0.15, 0.2) is 17.8 Å². The molecular formula is C9H5BrO3. The van der Waals surface area contributed by atoms with Crippen molar-refractivity contribution in [3.63, 3.8) is 0 Å². The summed E-state index contributed by atoms with van der Waals surface area (Å²) in [5, 5.41) is 0. The van der Waals surface area contributed by atoms with Crippen molar-refractivity contribution >= 4 is 22.2 Å². The van der Waals surface area contributed by atoms with Gasteiger partial charge in [0.05, 0.1) is 22.6 Å². The smallest absolute Gasteiger partial charge is 0.186 e. The van der Waals surface area contributed by atoms with Crippen LogP contribution < -0.4 is 0 Å². The van der Waals surface area contributed by atoms with Crippen molar-refractivity contribution in [1.82, 2.24) is 0 Å². The van der Waals surface area contributed by atoms with Crippen molar-refractivity contribution < 1.29 is 13.6 Å². The van der Waals surface area contributed by atoms with Gasteiger partial charge < -0.3 is 8.83 Å². The minimum Gasteiger partial charge on any atom is -0.463 e. The van der Waals surface area contributed by atoms with Gasteiger partial charge in [-0.2, -0.15) is 0 Å². The lowest BCUT2D eigenvalue weighted by Gasteiger charge is -1.92. The van der Waals surface area contributed by atoms with Crippen LogP contribution in [0.1, 0.15) is 10.6 Å². The molecule has 0 radical (unpaired) electrons. The summed E-state index contributed by atoms with van der Waals surface area (Å²) in [6.07, 6.45) is 3.65. The zero-order chi connectivity index (χ0) is 9.26. The Morgan fingerprint density at radius 3 is 2.62 bits per heavy atom. The molecule has 2 heterocycles. The summed E-state index contributed by atoms with van der Waals surface area (Å²) in [7, 11) is 0. The molecule has 2 rings (SSSR count). The fourth-order valence-corrected chi connectivity index (χ4v) is 1.50. The molecule has 0 bridgehead atoms. The van der Waals surface area contributed by atoms with Gasteiger partial charge in [0, 0.05) is 0 Å². The second kappa shape index (κ2) is 3.22. The van der Waals surface area contributed by atoms with Crippen molar-refractivity contribution in [1.29, 1.82) is 0 Å². The van der Waals surface area contributed by atoms with E-state index in [0.29, 0.717) is 17.6 Å². The Labute approximate surface area is 82.5 Å². The molecular weight excluding hydrogens is 236 g/mol. The number of hydrogen-bond donors (Lipinski definition) is 0. The third kappa shape index (κ3) is 1.33. The van der Waals surface area contributed by atoms with Crippen molar-refractivity contribution in [2.75, 3.05) is 0 Å². The number of halogens is 1. The average Bonchev–Trinajstić information content (AvgIpc) is 2.71. The normalized spacial score (nSPS) is 10.2. The second-order valence-electron chi connectivity index (χ2n) is 2.41. The van der Waals surface area contributed by atoms with E-state index in [-0.39, 0.29) is 5.76 Å². The molecule has 4 heteroatoms. The lowest BCUT2D eigenvalue weighted by molar-refractivity contribution is 0.110. The Balaban J connectivity index is 2.58. The highest BCUT2D eigenvalue weighted by Crippen LogP contribution is 2.31. The predicted octanol–water partition coefficient (Wildman–Crippen LogP) is 3.11. The van der Waals surface area contributed by atoms with Crippen LogP contribution in [0.4, 0.5) is 0 Å². The number of furan rings is 2. The number of carbonyl (C=O) groups excluding carboxylic acids is 1. The largest absolute Gasteiger partial charge is 0.463 e. The van der Waals surface area contributed by atoms with Crippen LogP contribution in [0.2, 0.25) is 0 Å². The molecule has 0 unspecified atom stereocenters. The van der Waals surface area contributed by atoms with Crippen LogP contribution >= 0.6 is 15.9 Å². The standard InChI is InChI=1S/C9H5BrO3/c10-7-2-4-13-9(7)6-1-3-12-8(6)5-11/h1-5H. The maximum Gasteiger partial charge on any atom is 0.186 e. The van der Waals surface area contributed by atoms with E-state index >= 15 is 0 Å². The van der Waals surface area contributed by atoms with Crippen LogP contribution in [-0.2, 0) is 0 Å². The number of aldehydes is 1. The predicted molar refractivity (Wildman–Crippen MR) is 49.5 cm³/mol. The topological polar surface area (TPSA) is 43.4 Å². The van der Waals surface area contributed by atoms with Crippen LogP contribution in [0.5, 0.6) is 0 Å². The van der Waals surface area contributed by atoms with Crippen molar-refractivity contribution in [3.8, 4) is 11.3 Å². The third-order valence-electron chi connectivity index (χ3n) is 1.66. The summed E-state index contributed by atoms with van der Waals surface area (Å²) in [6, 6.07) is 3.45. The van der Waals surface area contributed by atoms with Crippen LogP contribution in [0, 0.1) is 0 Å². The highest BCUT2D eigenvalue weighted by Gasteiger charge is 2.13. The van der Waals surface area contributed by atoms with E-state index in [1.165, 1.54) is 6.26 Å². The van der Waals surface area contributed by atoms with Crippen molar-refractivity contribution in [2.24, 2.45) is 0 Å². The van der Waals surface area contributed by atoms with E-state index in [1.54, 1.807) is 18.4 Å². The molecule has 0 saturated carbocycles. The molecule has 0 N–H and O–H groups in total. The van der Waals surface area contributed by atoms with Crippen LogP contribution in [0.15, 0.2) is 38.0 Å². The van der Waals surface area contributed by atoms with Crippen LogP contribution in [0.3, 0.4) is 0 Å². The zero-order valence-corrected chi connectivity index (χ0v) is 8.08. The average molecular weight is 241 g/mol. The first-order valence-corrected chi connectivity index (χ1v) is 4.38. The van der Waals surface area contributed by atoms with Crippen LogP contribution in [-0.4, -0.2) is 6.29 Å². The summed E-state index contributed by atoms with van der Waals surface area (Å²) in [5.74, 6) is 0.881. The monoisotopic (exact) mass is 240 g/mol. The van der Waals surface area contributed by atoms with Crippen molar-refractivity contribution in [2.45, 2.75) is 0 Å². The Hall–Kier alpha value is -1.29. The molecule has 0 amide bonds. The Morgan fingerprint density at radius 1 is 1.23 bits per heavy atom. The fraction of sp³-hybridized carbons (Fsp3) is 0. The molecule has 3 nitrogen and oxygen atoms in total. The molecule has 2 aromatic rings. The van der Waals surface area contributed by atoms with Gasteiger partial charge in [0.25, 0.3) is 0 Å². The highest BCUT2D eigenvalue weighted by molar-refractivity contribution is 9.10. The molecule has 0 aliphatic heterocycles. The second-order valence-corrected chi connectivity index (χ2v) is 3.27. The maximum atomic E-state index is 10.5. The summed E-state index contributed by atoms with van der Waals surface area (Å²) in [4.78, 5) is 10.5. The maximum absolute atomic E-state index is 10.5. The third-order valence-corrected chi connectivity index (χ3v) is 2.29. The van der Waals surface area contributed by atoms with Gasteiger partial charge in [-0.05, 0) is 28.1 Å².